The lowest BCUT2D eigenvalue weighted by Gasteiger charge is -2.11. The zero-order chi connectivity index (χ0) is 7.98. The fourth-order valence-corrected chi connectivity index (χ4v) is 2.00. The van der Waals surface area contributed by atoms with E-state index in [4.69, 9.17) is 0 Å². The molecule has 0 aliphatic carbocycles. The second-order valence-corrected chi connectivity index (χ2v) is 6.16. The molecule has 0 aliphatic rings. The minimum atomic E-state index is 0.183. The topological polar surface area (TPSA) is 12.0 Å². The Morgan fingerprint density at radius 2 is 1.90 bits per heavy atom. The second kappa shape index (κ2) is 5.92. The van der Waals surface area contributed by atoms with E-state index in [-0.39, 0.29) is 9.52 Å². The summed E-state index contributed by atoms with van der Waals surface area (Å²) >= 11 is 0. The fourth-order valence-electron chi connectivity index (χ4n) is 0.763. The highest BCUT2D eigenvalue weighted by Gasteiger charge is 1.97. The Morgan fingerprint density at radius 3 is 2.30 bits per heavy atom. The van der Waals surface area contributed by atoms with Gasteiger partial charge in [0.05, 0.1) is 0 Å². The maximum atomic E-state index is 3.53. The second-order valence-electron chi connectivity index (χ2n) is 3.45. The molecule has 1 N–H and O–H groups in total. The first-order chi connectivity index (χ1) is 4.66. The summed E-state index contributed by atoms with van der Waals surface area (Å²) in [4.78, 5) is 0. The van der Waals surface area contributed by atoms with Gasteiger partial charge in [-0.25, -0.2) is 0 Å². The van der Waals surface area contributed by atoms with Gasteiger partial charge in [-0.05, 0) is 19.5 Å². The average molecular weight is 159 g/mol. The van der Waals surface area contributed by atoms with Crippen LogP contribution >= 0.6 is 0 Å². The molecule has 0 heterocycles. The van der Waals surface area contributed by atoms with Crippen LogP contribution in [0.4, 0.5) is 0 Å². The molecule has 0 aromatic carbocycles. The van der Waals surface area contributed by atoms with Gasteiger partial charge in [0.1, 0.15) is 0 Å². The third kappa shape index (κ3) is 6.30. The van der Waals surface area contributed by atoms with Crippen LogP contribution in [0.15, 0.2) is 0 Å². The number of nitrogens with one attached hydrogen (secondary N) is 1. The monoisotopic (exact) mass is 159 g/mol. The van der Waals surface area contributed by atoms with Gasteiger partial charge in [0.2, 0.25) is 0 Å². The lowest BCUT2D eigenvalue weighted by atomic mass is 10.3. The van der Waals surface area contributed by atoms with Crippen molar-refractivity contribution in [2.24, 2.45) is 0 Å². The van der Waals surface area contributed by atoms with Gasteiger partial charge >= 0.3 is 0 Å². The van der Waals surface area contributed by atoms with Crippen LogP contribution in [0.1, 0.15) is 34.1 Å². The van der Waals surface area contributed by atoms with Gasteiger partial charge in [0, 0.05) is 15.6 Å². The zero-order valence-corrected chi connectivity index (χ0v) is 9.19. The fraction of sp³-hybridized carbons (Fsp3) is 1.00. The third-order valence-electron chi connectivity index (χ3n) is 1.83. The minimum Gasteiger partial charge on any atom is -0.318 e. The Bertz CT molecular complexity index is 73.7. The van der Waals surface area contributed by atoms with Crippen molar-refractivity contribution in [2.45, 2.75) is 45.7 Å². The maximum Gasteiger partial charge on any atom is 0.0391 e. The van der Waals surface area contributed by atoms with Crippen LogP contribution in [-0.4, -0.2) is 21.7 Å². The summed E-state index contributed by atoms with van der Waals surface area (Å²) in [5.74, 6) is 0. The molecule has 1 atom stereocenters. The summed E-state index contributed by atoms with van der Waals surface area (Å²) in [6.45, 7) is 9.14. The molecular formula is C8H21NSi. The van der Waals surface area contributed by atoms with Crippen LogP contribution in [-0.2, 0) is 0 Å². The molecule has 10 heavy (non-hydrogen) atoms. The summed E-state index contributed by atoms with van der Waals surface area (Å²) in [5.41, 5.74) is 0.969. The first kappa shape index (κ1) is 10.2. The van der Waals surface area contributed by atoms with Crippen molar-refractivity contribution in [2.75, 3.05) is 6.17 Å². The summed E-state index contributed by atoms with van der Waals surface area (Å²) < 4.78 is 0. The molecule has 0 aliphatic heterocycles. The quantitative estimate of drug-likeness (QED) is 0.597. The molecule has 0 fully saturated rings. The van der Waals surface area contributed by atoms with Gasteiger partial charge in [-0.2, -0.15) is 0 Å². The van der Waals surface area contributed by atoms with E-state index in [2.05, 4.69) is 33.0 Å². The molecule has 0 radical (unpaired) electrons. The molecule has 0 rings (SSSR count). The van der Waals surface area contributed by atoms with Gasteiger partial charge < -0.3 is 5.32 Å². The molecule has 1 nitrogen and oxygen atoms in total. The van der Waals surface area contributed by atoms with E-state index in [1.807, 2.05) is 0 Å². The van der Waals surface area contributed by atoms with Crippen molar-refractivity contribution in [1.82, 2.24) is 5.32 Å². The Hall–Kier alpha value is 0.177. The predicted molar refractivity (Wildman–Crippen MR) is 51.4 cm³/mol. The van der Waals surface area contributed by atoms with E-state index in [1.54, 1.807) is 0 Å². The Morgan fingerprint density at radius 1 is 1.30 bits per heavy atom. The highest BCUT2D eigenvalue weighted by molar-refractivity contribution is 6.37. The molecule has 0 bridgehead atoms. The minimum absolute atomic E-state index is 0.183. The van der Waals surface area contributed by atoms with E-state index in [0.717, 1.165) is 11.6 Å². The van der Waals surface area contributed by atoms with Gasteiger partial charge in [-0.3, -0.25) is 0 Å². The van der Waals surface area contributed by atoms with Crippen LogP contribution in [0.5, 0.6) is 0 Å². The van der Waals surface area contributed by atoms with E-state index in [9.17, 15) is 0 Å². The normalized spacial score (nSPS) is 15.3. The first-order valence-electron chi connectivity index (χ1n) is 4.40. The molecule has 62 valence electrons. The SMILES string of the molecule is CCC(C)NC[SiH2]C(C)C. The lowest BCUT2D eigenvalue weighted by Crippen LogP contribution is -2.30. The Kier molecular flexibility index (Phi) is 6.03. The van der Waals surface area contributed by atoms with Gasteiger partial charge in [-0.15, -0.1) is 0 Å². The van der Waals surface area contributed by atoms with E-state index >= 15 is 0 Å². The van der Waals surface area contributed by atoms with Crippen LogP contribution < -0.4 is 5.32 Å². The zero-order valence-electron chi connectivity index (χ0n) is 7.78. The van der Waals surface area contributed by atoms with Crippen molar-refractivity contribution in [3.63, 3.8) is 0 Å². The first-order valence-corrected chi connectivity index (χ1v) is 6.21. The van der Waals surface area contributed by atoms with Gasteiger partial charge in [0.15, 0.2) is 0 Å². The van der Waals surface area contributed by atoms with E-state index < -0.39 is 0 Å². The van der Waals surface area contributed by atoms with Crippen molar-refractivity contribution < 1.29 is 0 Å². The van der Waals surface area contributed by atoms with E-state index in [0.29, 0.717) is 0 Å². The molecule has 0 spiro atoms. The van der Waals surface area contributed by atoms with Crippen LogP contribution in [0.2, 0.25) is 5.54 Å². The van der Waals surface area contributed by atoms with Gasteiger partial charge in [-0.1, -0.05) is 26.3 Å². The third-order valence-corrected chi connectivity index (χ3v) is 3.56. The number of hydrogen-bond acceptors (Lipinski definition) is 1. The molecule has 0 saturated carbocycles. The van der Waals surface area contributed by atoms with Gasteiger partial charge in [0.25, 0.3) is 0 Å². The van der Waals surface area contributed by atoms with Crippen molar-refractivity contribution in [3.05, 3.63) is 0 Å². The van der Waals surface area contributed by atoms with Crippen LogP contribution in [0.3, 0.4) is 0 Å². The lowest BCUT2D eigenvalue weighted by molar-refractivity contribution is 0.578. The molecule has 0 aromatic rings. The molecule has 1 unspecified atom stereocenters. The molecular weight excluding hydrogens is 138 g/mol. The molecule has 2 heteroatoms. The molecule has 0 aromatic heterocycles. The van der Waals surface area contributed by atoms with Crippen molar-refractivity contribution in [1.29, 1.82) is 0 Å². The summed E-state index contributed by atoms with van der Waals surface area (Å²) in [7, 11) is 0.183. The summed E-state index contributed by atoms with van der Waals surface area (Å²) in [5, 5.41) is 3.53. The highest BCUT2D eigenvalue weighted by Crippen LogP contribution is 1.95. The smallest absolute Gasteiger partial charge is 0.0391 e. The largest absolute Gasteiger partial charge is 0.318 e. The summed E-state index contributed by atoms with van der Waals surface area (Å²) in [6, 6.07) is 0.728. The predicted octanol–water partition coefficient (Wildman–Crippen LogP) is 1.33. The van der Waals surface area contributed by atoms with E-state index in [1.165, 1.54) is 12.6 Å². The van der Waals surface area contributed by atoms with Crippen molar-refractivity contribution in [3.8, 4) is 0 Å². The molecule has 0 saturated heterocycles. The maximum absolute atomic E-state index is 3.53. The standard InChI is InChI=1S/C8H21NSi/c1-5-8(4)9-6-10-7(2)3/h7-9H,5-6,10H2,1-4H3. The summed E-state index contributed by atoms with van der Waals surface area (Å²) in [6.07, 6.45) is 2.57. The van der Waals surface area contributed by atoms with Crippen LogP contribution in [0.25, 0.3) is 0 Å². The average Bonchev–Trinajstić information content (AvgIpc) is 1.87. The highest BCUT2D eigenvalue weighted by atomic mass is 28.2. The number of hydrogen-bond donors (Lipinski definition) is 1. The Balaban J connectivity index is 3.03. The number of rotatable bonds is 5. The van der Waals surface area contributed by atoms with Crippen LogP contribution in [0, 0.1) is 0 Å². The molecule has 0 amide bonds. The Labute approximate surface area is 67.4 Å². The van der Waals surface area contributed by atoms with Crippen molar-refractivity contribution >= 4 is 9.52 Å².